The molecule has 1 rings (SSSR count). The fourth-order valence-electron chi connectivity index (χ4n) is 1.74. The van der Waals surface area contributed by atoms with Crippen LogP contribution < -0.4 is 5.32 Å². The van der Waals surface area contributed by atoms with Crippen LogP contribution in [0.3, 0.4) is 0 Å². The second-order valence-corrected chi connectivity index (χ2v) is 5.50. The van der Waals surface area contributed by atoms with E-state index in [2.05, 4.69) is 11.4 Å². The van der Waals surface area contributed by atoms with Crippen LogP contribution in [0.15, 0.2) is 24.3 Å². The van der Waals surface area contributed by atoms with Crippen LogP contribution in [0, 0.1) is 11.3 Å². The van der Waals surface area contributed by atoms with E-state index in [0.717, 1.165) is 24.3 Å². The average Bonchev–Trinajstić information content (AvgIpc) is 2.50. The Balaban J connectivity index is 2.21. The molecular formula is C15H20N2O2S. The van der Waals surface area contributed by atoms with Crippen molar-refractivity contribution in [1.29, 1.82) is 5.26 Å². The number of likely N-dealkylation sites (N-methyl/N-ethyl adjacent to an activating group) is 1. The van der Waals surface area contributed by atoms with E-state index in [1.54, 1.807) is 18.8 Å². The second-order valence-electron chi connectivity index (χ2n) is 4.35. The summed E-state index contributed by atoms with van der Waals surface area (Å²) in [6.45, 7) is 0. The molecule has 5 heteroatoms. The molecule has 1 aromatic rings. The van der Waals surface area contributed by atoms with E-state index in [9.17, 15) is 4.79 Å². The summed E-state index contributed by atoms with van der Waals surface area (Å²) >= 11 is 1.74. The molecule has 20 heavy (non-hydrogen) atoms. The summed E-state index contributed by atoms with van der Waals surface area (Å²) in [5.74, 6) is 1.50. The minimum atomic E-state index is -0.236. The van der Waals surface area contributed by atoms with Crippen molar-refractivity contribution >= 4 is 17.7 Å². The number of ether oxygens (including phenoxy) is 1. The molecule has 0 heterocycles. The standard InChI is InChI=1S/C15H20N2O2S/c1-17-14(15(18)19-2)11-20-9-3-4-12-5-7-13(10-16)8-6-12/h5-8,14,17H,3-4,9,11H2,1-2H3. The molecule has 0 amide bonds. The van der Waals surface area contributed by atoms with Gasteiger partial charge >= 0.3 is 5.97 Å². The number of nitrogens with zero attached hydrogens (tertiary/aromatic N) is 1. The Bertz CT molecular complexity index is 454. The van der Waals surface area contributed by atoms with Crippen LogP contribution in [0.25, 0.3) is 0 Å². The Morgan fingerprint density at radius 1 is 1.45 bits per heavy atom. The van der Waals surface area contributed by atoms with Crippen LogP contribution in [0.2, 0.25) is 0 Å². The first-order valence-corrected chi connectivity index (χ1v) is 7.68. The van der Waals surface area contributed by atoms with E-state index in [-0.39, 0.29) is 12.0 Å². The van der Waals surface area contributed by atoms with Gasteiger partial charge in [0, 0.05) is 5.75 Å². The smallest absolute Gasteiger partial charge is 0.323 e. The zero-order valence-electron chi connectivity index (χ0n) is 11.9. The van der Waals surface area contributed by atoms with Gasteiger partial charge in [0.1, 0.15) is 6.04 Å². The van der Waals surface area contributed by atoms with Gasteiger partial charge in [0.15, 0.2) is 0 Å². The summed E-state index contributed by atoms with van der Waals surface area (Å²) in [4.78, 5) is 11.4. The van der Waals surface area contributed by atoms with Gasteiger partial charge in [-0.1, -0.05) is 12.1 Å². The highest BCUT2D eigenvalue weighted by Gasteiger charge is 2.15. The van der Waals surface area contributed by atoms with Gasteiger partial charge in [0.2, 0.25) is 0 Å². The number of aryl methyl sites for hydroxylation is 1. The largest absolute Gasteiger partial charge is 0.468 e. The number of hydrogen-bond acceptors (Lipinski definition) is 5. The first kappa shape index (κ1) is 16.5. The molecule has 0 bridgehead atoms. The molecule has 1 atom stereocenters. The summed E-state index contributed by atoms with van der Waals surface area (Å²) in [6.07, 6.45) is 2.04. The van der Waals surface area contributed by atoms with E-state index in [1.165, 1.54) is 12.7 Å². The van der Waals surface area contributed by atoms with Crippen molar-refractivity contribution in [2.45, 2.75) is 18.9 Å². The minimum Gasteiger partial charge on any atom is -0.468 e. The van der Waals surface area contributed by atoms with Gasteiger partial charge in [0.25, 0.3) is 0 Å². The molecule has 0 spiro atoms. The van der Waals surface area contributed by atoms with Crippen molar-refractivity contribution in [3.8, 4) is 6.07 Å². The van der Waals surface area contributed by atoms with E-state index in [4.69, 9.17) is 10.00 Å². The number of carbonyl (C=O) groups is 1. The first-order valence-electron chi connectivity index (χ1n) is 6.53. The fraction of sp³-hybridized carbons (Fsp3) is 0.467. The van der Waals surface area contributed by atoms with Crippen LogP contribution in [0.1, 0.15) is 17.5 Å². The van der Waals surface area contributed by atoms with Crippen molar-refractivity contribution in [2.75, 3.05) is 25.7 Å². The molecule has 108 valence electrons. The topological polar surface area (TPSA) is 62.1 Å². The maximum Gasteiger partial charge on any atom is 0.323 e. The zero-order valence-corrected chi connectivity index (χ0v) is 12.7. The predicted octanol–water partition coefficient (Wildman–Crippen LogP) is 1.99. The predicted molar refractivity (Wildman–Crippen MR) is 81.7 cm³/mol. The van der Waals surface area contributed by atoms with Gasteiger partial charge in [-0.05, 0) is 43.3 Å². The summed E-state index contributed by atoms with van der Waals surface area (Å²) in [6, 6.07) is 9.55. The summed E-state index contributed by atoms with van der Waals surface area (Å²) in [5.41, 5.74) is 1.93. The lowest BCUT2D eigenvalue weighted by Crippen LogP contribution is -2.37. The molecule has 1 N–H and O–H groups in total. The highest BCUT2D eigenvalue weighted by atomic mass is 32.2. The monoisotopic (exact) mass is 292 g/mol. The number of nitrogens with one attached hydrogen (secondary N) is 1. The van der Waals surface area contributed by atoms with Gasteiger partial charge in [0.05, 0.1) is 18.7 Å². The van der Waals surface area contributed by atoms with Crippen LogP contribution in [-0.2, 0) is 16.0 Å². The van der Waals surface area contributed by atoms with Crippen molar-refractivity contribution in [3.63, 3.8) is 0 Å². The normalized spacial score (nSPS) is 11.7. The van der Waals surface area contributed by atoms with Gasteiger partial charge in [-0.25, -0.2) is 0 Å². The van der Waals surface area contributed by atoms with Gasteiger partial charge < -0.3 is 10.1 Å². The average molecular weight is 292 g/mol. The highest BCUT2D eigenvalue weighted by molar-refractivity contribution is 7.99. The van der Waals surface area contributed by atoms with E-state index in [0.29, 0.717) is 5.56 Å². The van der Waals surface area contributed by atoms with Crippen LogP contribution >= 0.6 is 11.8 Å². The Labute approximate surface area is 124 Å². The van der Waals surface area contributed by atoms with Crippen molar-refractivity contribution in [3.05, 3.63) is 35.4 Å². The molecule has 0 saturated carbocycles. The molecule has 1 aromatic carbocycles. The maximum atomic E-state index is 11.4. The number of thioether (sulfide) groups is 1. The Morgan fingerprint density at radius 2 is 2.15 bits per heavy atom. The molecule has 4 nitrogen and oxygen atoms in total. The molecule has 0 radical (unpaired) electrons. The Morgan fingerprint density at radius 3 is 2.70 bits per heavy atom. The maximum absolute atomic E-state index is 11.4. The highest BCUT2D eigenvalue weighted by Crippen LogP contribution is 2.11. The van der Waals surface area contributed by atoms with Crippen molar-refractivity contribution < 1.29 is 9.53 Å². The number of hydrogen-bond donors (Lipinski definition) is 1. The Hall–Kier alpha value is -1.51. The summed E-state index contributed by atoms with van der Waals surface area (Å²) in [7, 11) is 3.17. The van der Waals surface area contributed by atoms with Crippen LogP contribution in [0.5, 0.6) is 0 Å². The van der Waals surface area contributed by atoms with Crippen LogP contribution in [0.4, 0.5) is 0 Å². The number of esters is 1. The number of carbonyl (C=O) groups excluding carboxylic acids is 1. The third-order valence-corrected chi connectivity index (χ3v) is 4.10. The lowest BCUT2D eigenvalue weighted by Gasteiger charge is -2.12. The number of methoxy groups -OCH3 is 1. The van der Waals surface area contributed by atoms with Crippen molar-refractivity contribution in [2.24, 2.45) is 0 Å². The van der Waals surface area contributed by atoms with Gasteiger partial charge in [-0.2, -0.15) is 17.0 Å². The Kier molecular flexibility index (Phi) is 7.78. The molecule has 0 saturated heterocycles. The van der Waals surface area contributed by atoms with E-state index in [1.807, 2.05) is 24.3 Å². The van der Waals surface area contributed by atoms with E-state index < -0.39 is 0 Å². The third kappa shape index (κ3) is 5.64. The van der Waals surface area contributed by atoms with Gasteiger partial charge in [-0.15, -0.1) is 0 Å². The summed E-state index contributed by atoms with van der Waals surface area (Å²) in [5, 5.41) is 11.7. The minimum absolute atomic E-state index is 0.216. The number of rotatable bonds is 8. The molecule has 0 aromatic heterocycles. The molecule has 0 aliphatic rings. The summed E-state index contributed by atoms with van der Waals surface area (Å²) < 4.78 is 4.71. The lowest BCUT2D eigenvalue weighted by atomic mass is 10.1. The molecular weight excluding hydrogens is 272 g/mol. The molecule has 0 aliphatic heterocycles. The van der Waals surface area contributed by atoms with Gasteiger partial charge in [-0.3, -0.25) is 4.79 Å². The zero-order chi connectivity index (χ0) is 14.8. The SMILES string of the molecule is CNC(CSCCCc1ccc(C#N)cc1)C(=O)OC. The number of nitriles is 1. The fourth-order valence-corrected chi connectivity index (χ4v) is 2.79. The van der Waals surface area contributed by atoms with Crippen LogP contribution in [-0.4, -0.2) is 37.7 Å². The van der Waals surface area contributed by atoms with E-state index >= 15 is 0 Å². The number of benzene rings is 1. The lowest BCUT2D eigenvalue weighted by molar-refractivity contribution is -0.142. The third-order valence-electron chi connectivity index (χ3n) is 2.96. The molecule has 0 aliphatic carbocycles. The van der Waals surface area contributed by atoms with Crippen molar-refractivity contribution in [1.82, 2.24) is 5.32 Å². The molecule has 1 unspecified atom stereocenters. The first-order chi connectivity index (χ1) is 9.71. The quantitative estimate of drug-likeness (QED) is 0.586. The molecule has 0 fully saturated rings. The second kappa shape index (κ2) is 9.40.